The molecule has 1 amide bonds. The maximum atomic E-state index is 12.4. The summed E-state index contributed by atoms with van der Waals surface area (Å²) in [4.78, 5) is 12.4. The molecule has 2 unspecified atom stereocenters. The Bertz CT molecular complexity index is 441. The number of furan rings is 1. The van der Waals surface area contributed by atoms with E-state index in [0.29, 0.717) is 11.8 Å². The minimum absolute atomic E-state index is 0.0907. The lowest BCUT2D eigenvalue weighted by Gasteiger charge is -2.30. The van der Waals surface area contributed by atoms with Gasteiger partial charge in [-0.1, -0.05) is 13.8 Å². The van der Waals surface area contributed by atoms with Crippen LogP contribution in [0.15, 0.2) is 22.8 Å². The normalized spacial score (nSPS) is 19.1. The van der Waals surface area contributed by atoms with Crippen LogP contribution in [0, 0.1) is 5.92 Å². The number of nitrogens with one attached hydrogen (secondary N) is 2. The Kier molecular flexibility index (Phi) is 6.42. The predicted molar refractivity (Wildman–Crippen MR) is 82.3 cm³/mol. The van der Waals surface area contributed by atoms with E-state index in [1.54, 1.807) is 12.1 Å². The molecule has 2 atom stereocenters. The van der Waals surface area contributed by atoms with E-state index in [4.69, 9.17) is 9.15 Å². The van der Waals surface area contributed by atoms with Crippen molar-refractivity contribution in [2.45, 2.75) is 44.9 Å². The Balaban J connectivity index is 1.83. The Morgan fingerprint density at radius 2 is 2.14 bits per heavy atom. The molecule has 0 radical (unpaired) electrons. The summed E-state index contributed by atoms with van der Waals surface area (Å²) in [6.07, 6.45) is 2.52. The van der Waals surface area contributed by atoms with E-state index in [0.717, 1.165) is 26.1 Å². The quantitative estimate of drug-likeness (QED) is 0.705. The van der Waals surface area contributed by atoms with E-state index in [1.807, 2.05) is 13.8 Å². The number of hydrogen-bond acceptors (Lipinski definition) is 5. The third-order valence-corrected chi connectivity index (χ3v) is 3.93. The number of hydrogen-bond donors (Lipinski definition) is 3. The summed E-state index contributed by atoms with van der Waals surface area (Å²) in [7, 11) is 0. The Morgan fingerprint density at radius 3 is 2.73 bits per heavy atom. The molecule has 0 saturated carbocycles. The second kappa shape index (κ2) is 8.31. The van der Waals surface area contributed by atoms with Crippen LogP contribution < -0.4 is 10.6 Å². The van der Waals surface area contributed by atoms with E-state index >= 15 is 0 Å². The van der Waals surface area contributed by atoms with Gasteiger partial charge in [-0.3, -0.25) is 4.79 Å². The molecular weight excluding hydrogens is 284 g/mol. The van der Waals surface area contributed by atoms with Gasteiger partial charge in [0.15, 0.2) is 0 Å². The summed E-state index contributed by atoms with van der Waals surface area (Å²) < 4.78 is 10.5. The fraction of sp³-hybridized carbons (Fsp3) is 0.688. The number of ether oxygens (including phenoxy) is 1. The van der Waals surface area contributed by atoms with Gasteiger partial charge in [0.05, 0.1) is 18.8 Å². The van der Waals surface area contributed by atoms with Gasteiger partial charge in [-0.05, 0) is 30.9 Å². The first-order valence-corrected chi connectivity index (χ1v) is 7.91. The van der Waals surface area contributed by atoms with Crippen molar-refractivity contribution >= 4 is 5.91 Å². The van der Waals surface area contributed by atoms with Crippen LogP contribution in [-0.4, -0.2) is 42.9 Å². The third-order valence-electron chi connectivity index (χ3n) is 3.93. The van der Waals surface area contributed by atoms with Crippen molar-refractivity contribution in [1.29, 1.82) is 0 Å². The van der Waals surface area contributed by atoms with Crippen molar-refractivity contribution in [3.8, 4) is 0 Å². The molecular formula is C16H26N2O4. The molecule has 22 heavy (non-hydrogen) atoms. The third kappa shape index (κ3) is 4.83. The highest BCUT2D eigenvalue weighted by atomic mass is 16.5. The molecule has 2 heterocycles. The highest BCUT2D eigenvalue weighted by Gasteiger charge is 2.26. The van der Waals surface area contributed by atoms with Gasteiger partial charge in [-0.25, -0.2) is 0 Å². The first-order valence-electron chi connectivity index (χ1n) is 7.91. The predicted octanol–water partition coefficient (Wildman–Crippen LogP) is 1.22. The molecule has 6 heteroatoms. The molecule has 1 aromatic rings. The second-order valence-corrected chi connectivity index (χ2v) is 6.05. The van der Waals surface area contributed by atoms with Crippen LogP contribution in [0.3, 0.4) is 0 Å². The van der Waals surface area contributed by atoms with Gasteiger partial charge < -0.3 is 24.9 Å². The van der Waals surface area contributed by atoms with Crippen molar-refractivity contribution in [1.82, 2.24) is 10.6 Å². The van der Waals surface area contributed by atoms with E-state index < -0.39 is 6.10 Å². The van der Waals surface area contributed by atoms with Crippen molar-refractivity contribution in [2.75, 3.05) is 19.8 Å². The minimum Gasteiger partial charge on any atom is -0.467 e. The maximum Gasteiger partial charge on any atom is 0.237 e. The standard InChI is InChI=1S/C16H26N2O4/c1-11(2)15(18-12-5-8-21-9-6-12)16(20)17-10-13(19)14-4-3-7-22-14/h3-4,7,11-13,15,18-19H,5-6,8-10H2,1-2H3,(H,17,20). The van der Waals surface area contributed by atoms with Crippen LogP contribution in [0.25, 0.3) is 0 Å². The van der Waals surface area contributed by atoms with Crippen LogP contribution in [0.2, 0.25) is 0 Å². The first-order chi connectivity index (χ1) is 10.6. The summed E-state index contributed by atoms with van der Waals surface area (Å²) in [5, 5.41) is 16.2. The number of aliphatic hydroxyl groups is 1. The van der Waals surface area contributed by atoms with Gasteiger partial charge in [0, 0.05) is 19.3 Å². The molecule has 0 spiro atoms. The van der Waals surface area contributed by atoms with Crippen LogP contribution in [0.5, 0.6) is 0 Å². The zero-order chi connectivity index (χ0) is 15.9. The largest absolute Gasteiger partial charge is 0.467 e. The van der Waals surface area contributed by atoms with Crippen LogP contribution >= 0.6 is 0 Å². The SMILES string of the molecule is CC(C)C(NC1CCOCC1)C(=O)NCC(O)c1ccco1. The highest BCUT2D eigenvalue weighted by Crippen LogP contribution is 2.13. The number of carbonyl (C=O) groups excluding carboxylic acids is 1. The second-order valence-electron chi connectivity index (χ2n) is 6.05. The summed E-state index contributed by atoms with van der Waals surface area (Å²) in [5.74, 6) is 0.537. The average molecular weight is 310 g/mol. The van der Waals surface area contributed by atoms with Gasteiger partial charge in [0.25, 0.3) is 0 Å². The molecule has 1 fully saturated rings. The molecule has 0 aromatic carbocycles. The zero-order valence-electron chi connectivity index (χ0n) is 13.2. The lowest BCUT2D eigenvalue weighted by molar-refractivity contribution is -0.125. The Morgan fingerprint density at radius 1 is 1.41 bits per heavy atom. The fourth-order valence-corrected chi connectivity index (χ4v) is 2.58. The molecule has 1 aliphatic heterocycles. The Labute approximate surface area is 131 Å². The van der Waals surface area contributed by atoms with Crippen LogP contribution in [0.1, 0.15) is 38.6 Å². The Hall–Kier alpha value is -1.37. The highest BCUT2D eigenvalue weighted by molar-refractivity contribution is 5.82. The van der Waals surface area contributed by atoms with E-state index in [9.17, 15) is 9.90 Å². The summed E-state index contributed by atoms with van der Waals surface area (Å²) in [5.41, 5.74) is 0. The lowest BCUT2D eigenvalue weighted by atomic mass is 10.00. The molecule has 0 bridgehead atoms. The number of amides is 1. The monoisotopic (exact) mass is 310 g/mol. The van der Waals surface area contributed by atoms with E-state index in [2.05, 4.69) is 10.6 Å². The van der Waals surface area contributed by atoms with Gasteiger partial charge in [-0.2, -0.15) is 0 Å². The summed E-state index contributed by atoms with van der Waals surface area (Å²) in [6, 6.07) is 3.44. The summed E-state index contributed by atoms with van der Waals surface area (Å²) >= 11 is 0. The number of carbonyl (C=O) groups is 1. The summed E-state index contributed by atoms with van der Waals surface area (Å²) in [6.45, 7) is 5.65. The van der Waals surface area contributed by atoms with Crippen molar-refractivity contribution in [3.63, 3.8) is 0 Å². The number of rotatable bonds is 7. The topological polar surface area (TPSA) is 83.7 Å². The van der Waals surface area contributed by atoms with Gasteiger partial charge in [-0.15, -0.1) is 0 Å². The lowest BCUT2D eigenvalue weighted by Crippen LogP contribution is -2.52. The maximum absolute atomic E-state index is 12.4. The first kappa shape index (κ1) is 17.0. The van der Waals surface area contributed by atoms with Crippen LogP contribution in [0.4, 0.5) is 0 Å². The molecule has 3 N–H and O–H groups in total. The van der Waals surface area contributed by atoms with Gasteiger partial charge >= 0.3 is 0 Å². The molecule has 6 nitrogen and oxygen atoms in total. The van der Waals surface area contributed by atoms with Gasteiger partial charge in [0.1, 0.15) is 11.9 Å². The van der Waals surface area contributed by atoms with Crippen LogP contribution in [-0.2, 0) is 9.53 Å². The number of aliphatic hydroxyl groups excluding tert-OH is 1. The molecule has 1 aliphatic rings. The minimum atomic E-state index is -0.824. The van der Waals surface area contributed by atoms with Crippen molar-refractivity contribution < 1.29 is 19.1 Å². The molecule has 0 aliphatic carbocycles. The van der Waals surface area contributed by atoms with E-state index in [1.165, 1.54) is 6.26 Å². The van der Waals surface area contributed by atoms with Gasteiger partial charge in [0.2, 0.25) is 5.91 Å². The molecule has 124 valence electrons. The molecule has 2 rings (SSSR count). The molecule has 1 aromatic heterocycles. The molecule has 1 saturated heterocycles. The zero-order valence-corrected chi connectivity index (χ0v) is 13.2. The van der Waals surface area contributed by atoms with Crippen molar-refractivity contribution in [3.05, 3.63) is 24.2 Å². The average Bonchev–Trinajstić information content (AvgIpc) is 3.05. The fourth-order valence-electron chi connectivity index (χ4n) is 2.58. The van der Waals surface area contributed by atoms with E-state index in [-0.39, 0.29) is 24.4 Å². The smallest absolute Gasteiger partial charge is 0.237 e. The van der Waals surface area contributed by atoms with Crippen molar-refractivity contribution in [2.24, 2.45) is 5.92 Å².